The third kappa shape index (κ3) is 4.36. The molecule has 4 nitrogen and oxygen atoms in total. The number of nitrogens with one attached hydrogen (secondary N) is 1. The zero-order chi connectivity index (χ0) is 17.2. The molecule has 1 aliphatic rings. The zero-order valence-electron chi connectivity index (χ0n) is 13.8. The topological polar surface area (TPSA) is 52.6 Å². The van der Waals surface area contributed by atoms with E-state index in [1.165, 1.54) is 6.07 Å². The van der Waals surface area contributed by atoms with Gasteiger partial charge < -0.3 is 15.3 Å². The zero-order valence-corrected chi connectivity index (χ0v) is 14.5. The SMILES string of the molecule is CN(CC1CC(O)C1)C(=O)NCC(C)(C)c1cccc(Cl)c1F. The van der Waals surface area contributed by atoms with Crippen molar-refractivity contribution in [3.63, 3.8) is 0 Å². The molecule has 1 aromatic rings. The van der Waals surface area contributed by atoms with E-state index in [1.54, 1.807) is 24.1 Å². The predicted molar refractivity (Wildman–Crippen MR) is 89.2 cm³/mol. The Bertz CT molecular complexity index is 574. The Balaban J connectivity index is 1.90. The number of halogens is 2. The maximum atomic E-state index is 14.2. The van der Waals surface area contributed by atoms with Crippen molar-refractivity contribution in [3.05, 3.63) is 34.6 Å². The van der Waals surface area contributed by atoms with Crippen molar-refractivity contribution in [2.24, 2.45) is 5.92 Å². The Morgan fingerprint density at radius 2 is 2.13 bits per heavy atom. The maximum absolute atomic E-state index is 14.2. The summed E-state index contributed by atoms with van der Waals surface area (Å²) in [6.07, 6.45) is 1.27. The summed E-state index contributed by atoms with van der Waals surface area (Å²) in [5, 5.41) is 12.2. The van der Waals surface area contributed by atoms with E-state index in [4.69, 9.17) is 11.6 Å². The molecule has 1 saturated carbocycles. The number of benzene rings is 1. The summed E-state index contributed by atoms with van der Waals surface area (Å²) in [6.45, 7) is 4.66. The normalized spacial score (nSPS) is 20.8. The Morgan fingerprint density at radius 3 is 2.74 bits per heavy atom. The highest BCUT2D eigenvalue weighted by Gasteiger charge is 2.30. The minimum atomic E-state index is -0.571. The molecule has 0 aliphatic heterocycles. The van der Waals surface area contributed by atoms with Gasteiger partial charge in [-0.3, -0.25) is 0 Å². The van der Waals surface area contributed by atoms with Crippen LogP contribution in [0, 0.1) is 11.7 Å². The molecule has 0 saturated heterocycles. The van der Waals surface area contributed by atoms with Gasteiger partial charge in [0.25, 0.3) is 0 Å². The molecule has 128 valence electrons. The van der Waals surface area contributed by atoms with Crippen LogP contribution in [0.15, 0.2) is 18.2 Å². The van der Waals surface area contributed by atoms with Gasteiger partial charge in [-0.05, 0) is 30.4 Å². The summed E-state index contributed by atoms with van der Waals surface area (Å²) in [7, 11) is 1.73. The first kappa shape index (κ1) is 18.0. The second kappa shape index (κ2) is 7.05. The lowest BCUT2D eigenvalue weighted by Crippen LogP contribution is -2.46. The van der Waals surface area contributed by atoms with Crippen LogP contribution in [0.25, 0.3) is 0 Å². The standard InChI is InChI=1S/C17H24ClFN2O2/c1-17(2,13-5-4-6-14(18)15(13)19)10-20-16(23)21(3)9-11-7-12(22)8-11/h4-6,11-12,22H,7-10H2,1-3H3,(H,20,23). The van der Waals surface area contributed by atoms with Crippen LogP contribution in [-0.4, -0.2) is 42.3 Å². The first-order valence-corrected chi connectivity index (χ1v) is 8.20. The number of urea groups is 1. The Labute approximate surface area is 141 Å². The van der Waals surface area contributed by atoms with Gasteiger partial charge in [-0.25, -0.2) is 9.18 Å². The molecule has 1 aliphatic carbocycles. The number of aliphatic hydroxyl groups excluding tert-OH is 1. The molecule has 2 rings (SSSR count). The molecule has 0 radical (unpaired) electrons. The van der Waals surface area contributed by atoms with Crippen LogP contribution in [0.2, 0.25) is 5.02 Å². The van der Waals surface area contributed by atoms with Gasteiger partial charge in [0.1, 0.15) is 5.82 Å². The minimum Gasteiger partial charge on any atom is -0.393 e. The van der Waals surface area contributed by atoms with E-state index in [0.717, 1.165) is 12.8 Å². The van der Waals surface area contributed by atoms with E-state index >= 15 is 0 Å². The third-order valence-electron chi connectivity index (χ3n) is 4.45. The molecular formula is C17H24ClFN2O2. The molecule has 0 bridgehead atoms. The Hall–Kier alpha value is -1.33. The highest BCUT2D eigenvalue weighted by molar-refractivity contribution is 6.30. The van der Waals surface area contributed by atoms with Crippen molar-refractivity contribution in [2.45, 2.75) is 38.2 Å². The van der Waals surface area contributed by atoms with Gasteiger partial charge in [-0.15, -0.1) is 0 Å². The summed E-state index contributed by atoms with van der Waals surface area (Å²) in [5.74, 6) is -0.0793. The summed E-state index contributed by atoms with van der Waals surface area (Å²) < 4.78 is 14.2. The number of hydrogen-bond donors (Lipinski definition) is 2. The van der Waals surface area contributed by atoms with Crippen molar-refractivity contribution < 1.29 is 14.3 Å². The lowest BCUT2D eigenvalue weighted by Gasteiger charge is -2.35. The molecule has 1 aromatic carbocycles. The lowest BCUT2D eigenvalue weighted by atomic mass is 9.82. The van der Waals surface area contributed by atoms with E-state index in [9.17, 15) is 14.3 Å². The number of aliphatic hydroxyl groups is 1. The average Bonchev–Trinajstić information content (AvgIpc) is 2.45. The Morgan fingerprint density at radius 1 is 1.48 bits per heavy atom. The summed E-state index contributed by atoms with van der Waals surface area (Å²) in [6, 6.07) is 4.71. The van der Waals surface area contributed by atoms with Crippen molar-refractivity contribution in [1.29, 1.82) is 0 Å². The number of hydrogen-bond acceptors (Lipinski definition) is 2. The highest BCUT2D eigenvalue weighted by atomic mass is 35.5. The maximum Gasteiger partial charge on any atom is 0.317 e. The third-order valence-corrected chi connectivity index (χ3v) is 4.74. The summed E-state index contributed by atoms with van der Waals surface area (Å²) in [4.78, 5) is 13.8. The molecule has 2 N–H and O–H groups in total. The van der Waals surface area contributed by atoms with Gasteiger partial charge in [-0.1, -0.05) is 37.6 Å². The monoisotopic (exact) mass is 342 g/mol. The average molecular weight is 343 g/mol. The number of carbonyl (C=O) groups is 1. The summed E-state index contributed by atoms with van der Waals surface area (Å²) in [5.41, 5.74) is -0.0897. The van der Waals surface area contributed by atoms with Crippen LogP contribution in [0.3, 0.4) is 0 Å². The van der Waals surface area contributed by atoms with E-state index in [-0.39, 0.29) is 17.2 Å². The van der Waals surface area contributed by atoms with Crippen LogP contribution in [-0.2, 0) is 5.41 Å². The quantitative estimate of drug-likeness (QED) is 0.863. The Kier molecular flexibility index (Phi) is 5.53. The largest absolute Gasteiger partial charge is 0.393 e. The molecule has 1 fully saturated rings. The second-order valence-electron chi connectivity index (χ2n) is 7.02. The van der Waals surface area contributed by atoms with Gasteiger partial charge in [-0.2, -0.15) is 0 Å². The fourth-order valence-corrected chi connectivity index (χ4v) is 3.05. The van der Waals surface area contributed by atoms with Crippen LogP contribution >= 0.6 is 11.6 Å². The number of nitrogens with zero attached hydrogens (tertiary/aromatic N) is 1. The van der Waals surface area contributed by atoms with E-state index in [2.05, 4.69) is 5.32 Å². The molecule has 0 spiro atoms. The van der Waals surface area contributed by atoms with E-state index < -0.39 is 11.2 Å². The first-order valence-electron chi connectivity index (χ1n) is 7.82. The van der Waals surface area contributed by atoms with Crippen LogP contribution in [0.4, 0.5) is 9.18 Å². The number of carbonyl (C=O) groups excluding carboxylic acids is 1. The molecule has 6 heteroatoms. The predicted octanol–water partition coefficient (Wildman–Crippen LogP) is 3.17. The van der Waals surface area contributed by atoms with E-state index in [1.807, 2.05) is 13.8 Å². The molecule has 0 heterocycles. The number of amides is 2. The first-order chi connectivity index (χ1) is 10.7. The minimum absolute atomic E-state index is 0.0857. The molecule has 0 aromatic heterocycles. The molecule has 23 heavy (non-hydrogen) atoms. The second-order valence-corrected chi connectivity index (χ2v) is 7.42. The van der Waals surface area contributed by atoms with Crippen LogP contribution < -0.4 is 5.32 Å². The van der Waals surface area contributed by atoms with Gasteiger partial charge in [0.2, 0.25) is 0 Å². The molecule has 2 amide bonds. The molecular weight excluding hydrogens is 319 g/mol. The van der Waals surface area contributed by atoms with Crippen molar-refractivity contribution in [1.82, 2.24) is 10.2 Å². The summed E-state index contributed by atoms with van der Waals surface area (Å²) >= 11 is 5.83. The van der Waals surface area contributed by atoms with Crippen LogP contribution in [0.1, 0.15) is 32.3 Å². The van der Waals surface area contributed by atoms with Crippen molar-refractivity contribution in [3.8, 4) is 0 Å². The van der Waals surface area contributed by atoms with Crippen LogP contribution in [0.5, 0.6) is 0 Å². The fraction of sp³-hybridized carbons (Fsp3) is 0.588. The molecule has 0 atom stereocenters. The van der Waals surface area contributed by atoms with Crippen molar-refractivity contribution >= 4 is 17.6 Å². The van der Waals surface area contributed by atoms with E-state index in [0.29, 0.717) is 24.6 Å². The van der Waals surface area contributed by atoms with Crippen molar-refractivity contribution in [2.75, 3.05) is 20.1 Å². The van der Waals surface area contributed by atoms with Gasteiger partial charge in [0, 0.05) is 25.6 Å². The highest BCUT2D eigenvalue weighted by Crippen LogP contribution is 2.29. The fourth-order valence-electron chi connectivity index (χ4n) is 2.87. The molecule has 0 unspecified atom stereocenters. The smallest absolute Gasteiger partial charge is 0.317 e. The number of rotatable bonds is 5. The van der Waals surface area contributed by atoms with Gasteiger partial charge in [0.05, 0.1) is 11.1 Å². The van der Waals surface area contributed by atoms with Gasteiger partial charge in [0.15, 0.2) is 0 Å². The lowest BCUT2D eigenvalue weighted by molar-refractivity contribution is 0.0324. The van der Waals surface area contributed by atoms with Gasteiger partial charge >= 0.3 is 6.03 Å².